The molecule has 0 spiro atoms. The molecule has 0 saturated heterocycles. The predicted molar refractivity (Wildman–Crippen MR) is 62.4 cm³/mol. The minimum atomic E-state index is 0.596. The largest absolute Gasteiger partial charge is 0.364 e. The van der Waals surface area contributed by atoms with Crippen LogP contribution in [0, 0.1) is 0 Å². The van der Waals surface area contributed by atoms with Crippen LogP contribution in [0.2, 0.25) is 0 Å². The molecule has 1 aromatic carbocycles. The number of rotatable bonds is 3. The number of aromatic nitrogens is 1. The van der Waals surface area contributed by atoms with E-state index < -0.39 is 0 Å². The van der Waals surface area contributed by atoms with Crippen LogP contribution in [-0.4, -0.2) is 11.7 Å². The van der Waals surface area contributed by atoms with Crippen LogP contribution in [0.4, 0.5) is 0 Å². The van der Waals surface area contributed by atoms with Crippen molar-refractivity contribution in [2.24, 2.45) is 5.73 Å². The molecule has 0 unspecified atom stereocenters. The summed E-state index contributed by atoms with van der Waals surface area (Å²) in [6.07, 6.45) is 2.43. The molecule has 0 fully saturated rings. The molecule has 2 rings (SSSR count). The van der Waals surface area contributed by atoms with Crippen molar-refractivity contribution in [3.63, 3.8) is 0 Å². The molecule has 0 bridgehead atoms. The zero-order valence-electron chi connectivity index (χ0n) is 8.11. The van der Waals surface area contributed by atoms with Gasteiger partial charge >= 0.3 is 0 Å². The van der Waals surface area contributed by atoms with E-state index in [2.05, 4.69) is 21.1 Å². The van der Waals surface area contributed by atoms with Crippen LogP contribution in [0.15, 0.2) is 39.5 Å². The van der Waals surface area contributed by atoms with Gasteiger partial charge in [0.15, 0.2) is 0 Å². The summed E-state index contributed by atoms with van der Waals surface area (Å²) in [5.74, 6) is 0. The van der Waals surface area contributed by atoms with Gasteiger partial charge in [0.25, 0.3) is 0 Å². The van der Waals surface area contributed by atoms with E-state index in [1.165, 1.54) is 0 Å². The van der Waals surface area contributed by atoms with Crippen molar-refractivity contribution in [1.82, 2.24) is 5.16 Å². The fourth-order valence-corrected chi connectivity index (χ4v) is 1.94. The van der Waals surface area contributed by atoms with Gasteiger partial charge in [-0.3, -0.25) is 0 Å². The highest BCUT2D eigenvalue weighted by atomic mass is 79.9. The van der Waals surface area contributed by atoms with Gasteiger partial charge in [0.05, 0.1) is 0 Å². The number of hydrogen-bond donors (Lipinski definition) is 1. The monoisotopic (exact) mass is 266 g/mol. The third-order valence-electron chi connectivity index (χ3n) is 2.19. The molecule has 4 heteroatoms. The van der Waals surface area contributed by atoms with Crippen LogP contribution in [-0.2, 0) is 6.42 Å². The van der Waals surface area contributed by atoms with E-state index in [4.69, 9.17) is 10.3 Å². The fraction of sp³-hybridized carbons (Fsp3) is 0.182. The lowest BCUT2D eigenvalue weighted by Crippen LogP contribution is -2.02. The molecule has 1 heterocycles. The number of halogens is 1. The van der Waals surface area contributed by atoms with Gasteiger partial charge in [-0.1, -0.05) is 39.3 Å². The first kappa shape index (κ1) is 10.4. The van der Waals surface area contributed by atoms with E-state index in [-0.39, 0.29) is 0 Å². The second-order valence-electron chi connectivity index (χ2n) is 3.21. The Morgan fingerprint density at radius 1 is 1.33 bits per heavy atom. The van der Waals surface area contributed by atoms with Gasteiger partial charge in [0, 0.05) is 15.6 Å². The topological polar surface area (TPSA) is 52.0 Å². The van der Waals surface area contributed by atoms with Gasteiger partial charge in [-0.25, -0.2) is 0 Å². The molecule has 3 nitrogen and oxygen atoms in total. The minimum Gasteiger partial charge on any atom is -0.364 e. The maximum absolute atomic E-state index is 5.52. The first-order valence-corrected chi connectivity index (χ1v) is 5.50. The average Bonchev–Trinajstić information content (AvgIpc) is 2.67. The first-order valence-electron chi connectivity index (χ1n) is 4.71. The van der Waals surface area contributed by atoms with E-state index in [1.54, 1.807) is 6.26 Å². The lowest BCUT2D eigenvalue weighted by Gasteiger charge is -2.01. The Kier molecular flexibility index (Phi) is 3.18. The Morgan fingerprint density at radius 3 is 2.87 bits per heavy atom. The van der Waals surface area contributed by atoms with Gasteiger partial charge in [0.1, 0.15) is 12.0 Å². The summed E-state index contributed by atoms with van der Waals surface area (Å²) >= 11 is 3.49. The predicted octanol–water partition coefficient (Wildman–Crippen LogP) is 2.61. The van der Waals surface area contributed by atoms with Crippen molar-refractivity contribution in [1.29, 1.82) is 0 Å². The van der Waals surface area contributed by atoms with E-state index in [0.717, 1.165) is 27.7 Å². The molecule has 2 N–H and O–H groups in total. The van der Waals surface area contributed by atoms with Crippen molar-refractivity contribution >= 4 is 15.9 Å². The maximum Gasteiger partial charge on any atom is 0.127 e. The molecular weight excluding hydrogens is 256 g/mol. The summed E-state index contributed by atoms with van der Waals surface area (Å²) in [6.45, 7) is 0.596. The summed E-state index contributed by atoms with van der Waals surface area (Å²) in [5, 5.41) is 4.01. The van der Waals surface area contributed by atoms with Crippen LogP contribution >= 0.6 is 15.9 Å². The molecule has 0 aliphatic carbocycles. The van der Waals surface area contributed by atoms with E-state index in [9.17, 15) is 0 Å². The van der Waals surface area contributed by atoms with Gasteiger partial charge in [-0.2, -0.15) is 0 Å². The van der Waals surface area contributed by atoms with Gasteiger partial charge in [-0.05, 0) is 19.0 Å². The minimum absolute atomic E-state index is 0.596. The second-order valence-corrected chi connectivity index (χ2v) is 4.06. The quantitative estimate of drug-likeness (QED) is 0.929. The first-order chi connectivity index (χ1) is 7.33. The molecule has 0 aliphatic rings. The molecule has 78 valence electrons. The third kappa shape index (κ3) is 2.11. The summed E-state index contributed by atoms with van der Waals surface area (Å²) in [5.41, 5.74) is 8.47. The number of benzene rings is 1. The van der Waals surface area contributed by atoms with E-state index >= 15 is 0 Å². The zero-order chi connectivity index (χ0) is 10.7. The van der Waals surface area contributed by atoms with Gasteiger partial charge < -0.3 is 10.3 Å². The summed E-state index contributed by atoms with van der Waals surface area (Å²) in [4.78, 5) is 0. The van der Waals surface area contributed by atoms with Crippen LogP contribution in [0.3, 0.4) is 0 Å². The summed E-state index contributed by atoms with van der Waals surface area (Å²) < 4.78 is 5.99. The van der Waals surface area contributed by atoms with Crippen molar-refractivity contribution in [3.05, 3.63) is 40.6 Å². The Balaban J connectivity index is 2.45. The smallest absolute Gasteiger partial charge is 0.127 e. The molecular formula is C11H11BrN2O. The van der Waals surface area contributed by atoms with Crippen molar-refractivity contribution in [2.45, 2.75) is 6.42 Å². The van der Waals surface area contributed by atoms with Crippen LogP contribution in [0.5, 0.6) is 0 Å². The Labute approximate surface area is 96.4 Å². The molecule has 2 aromatic rings. The lowest BCUT2D eigenvalue weighted by atomic mass is 10.1. The number of nitrogens with zero attached hydrogens (tertiary/aromatic N) is 1. The molecule has 0 aliphatic heterocycles. The van der Waals surface area contributed by atoms with Crippen molar-refractivity contribution in [2.75, 3.05) is 6.54 Å². The molecule has 1 aromatic heterocycles. The highest BCUT2D eigenvalue weighted by molar-refractivity contribution is 9.10. The zero-order valence-corrected chi connectivity index (χ0v) is 9.70. The standard InChI is InChI=1S/C11H11BrN2O/c12-10-4-2-1-3-9(10)11-8(5-6-13)7-15-14-11/h1-4,7H,5-6,13H2. The van der Waals surface area contributed by atoms with Crippen LogP contribution in [0.1, 0.15) is 5.56 Å². The van der Waals surface area contributed by atoms with Crippen molar-refractivity contribution < 1.29 is 4.52 Å². The fourth-order valence-electron chi connectivity index (χ4n) is 1.47. The highest BCUT2D eigenvalue weighted by Gasteiger charge is 2.11. The maximum atomic E-state index is 5.52. The van der Waals surface area contributed by atoms with Crippen LogP contribution < -0.4 is 5.73 Å². The Bertz CT molecular complexity index is 453. The molecule has 0 amide bonds. The van der Waals surface area contributed by atoms with Gasteiger partial charge in [-0.15, -0.1) is 0 Å². The second kappa shape index (κ2) is 4.59. The average molecular weight is 267 g/mol. The number of hydrogen-bond acceptors (Lipinski definition) is 3. The van der Waals surface area contributed by atoms with E-state index in [1.807, 2.05) is 24.3 Å². The Hall–Kier alpha value is -1.13. The molecule has 15 heavy (non-hydrogen) atoms. The molecule has 0 saturated carbocycles. The summed E-state index contributed by atoms with van der Waals surface area (Å²) in [6, 6.07) is 7.93. The van der Waals surface area contributed by atoms with E-state index in [0.29, 0.717) is 6.54 Å². The molecule has 0 atom stereocenters. The number of nitrogens with two attached hydrogens (primary N) is 1. The van der Waals surface area contributed by atoms with Crippen LogP contribution in [0.25, 0.3) is 11.3 Å². The van der Waals surface area contributed by atoms with Crippen molar-refractivity contribution in [3.8, 4) is 11.3 Å². The lowest BCUT2D eigenvalue weighted by molar-refractivity contribution is 0.421. The third-order valence-corrected chi connectivity index (χ3v) is 2.88. The molecule has 0 radical (unpaired) electrons. The normalized spacial score (nSPS) is 10.5. The summed E-state index contributed by atoms with van der Waals surface area (Å²) in [7, 11) is 0. The SMILES string of the molecule is NCCc1conc1-c1ccccc1Br. The Morgan fingerprint density at radius 2 is 2.13 bits per heavy atom. The van der Waals surface area contributed by atoms with Gasteiger partial charge in [0.2, 0.25) is 0 Å². The highest BCUT2D eigenvalue weighted by Crippen LogP contribution is 2.29.